The first-order chi connectivity index (χ1) is 20.9. The zero-order valence-corrected chi connectivity index (χ0v) is 26.2. The molecule has 1 N–H and O–H groups in total. The van der Waals surface area contributed by atoms with E-state index in [9.17, 15) is 35.6 Å². The van der Waals surface area contributed by atoms with E-state index >= 15 is 4.39 Å². The van der Waals surface area contributed by atoms with Crippen LogP contribution in [0, 0.1) is 18.6 Å². The van der Waals surface area contributed by atoms with E-state index in [1.165, 1.54) is 19.9 Å². The van der Waals surface area contributed by atoms with Crippen LogP contribution in [-0.2, 0) is 34.8 Å². The fourth-order valence-electron chi connectivity index (χ4n) is 4.40. The predicted molar refractivity (Wildman–Crippen MR) is 158 cm³/mol. The summed E-state index contributed by atoms with van der Waals surface area (Å²) in [4.78, 5) is 25.8. The number of aryl methyl sites for hydroxylation is 1. The molecule has 248 valence electrons. The number of nitrogens with one attached hydrogen (secondary N) is 1. The van der Waals surface area contributed by atoms with Crippen LogP contribution in [0.4, 0.5) is 22.0 Å². The topological polar surface area (TPSA) is 108 Å². The molecule has 0 aliphatic heterocycles. The van der Waals surface area contributed by atoms with Crippen molar-refractivity contribution in [3.8, 4) is 16.9 Å². The average molecular weight is 662 g/mol. The first-order valence-corrected chi connectivity index (χ1v) is 15.6. The number of halogens is 5. The molecule has 0 spiro atoms. The van der Waals surface area contributed by atoms with Gasteiger partial charge in [-0.05, 0) is 69.4 Å². The molecule has 45 heavy (non-hydrogen) atoms. The van der Waals surface area contributed by atoms with Gasteiger partial charge in [-0.15, -0.1) is 13.2 Å². The Bertz CT molecular complexity index is 1520. The molecule has 0 heterocycles. The lowest BCUT2D eigenvalue weighted by Crippen LogP contribution is -2.41. The fourth-order valence-corrected chi connectivity index (χ4v) is 5.01. The van der Waals surface area contributed by atoms with Gasteiger partial charge in [0.2, 0.25) is 0 Å². The van der Waals surface area contributed by atoms with Crippen molar-refractivity contribution in [2.45, 2.75) is 64.8 Å². The summed E-state index contributed by atoms with van der Waals surface area (Å²) in [5.74, 6) is -4.79. The summed E-state index contributed by atoms with van der Waals surface area (Å²) in [5.41, 5.74) is -2.01. The Morgan fingerprint density at radius 1 is 1.13 bits per heavy atom. The normalized spacial score (nSPS) is 13.1. The van der Waals surface area contributed by atoms with E-state index in [1.54, 1.807) is 6.92 Å². The number of esters is 1. The molecule has 2 aromatic carbocycles. The Kier molecular flexibility index (Phi) is 13.3. The second-order valence-corrected chi connectivity index (χ2v) is 11.9. The summed E-state index contributed by atoms with van der Waals surface area (Å²) in [6.45, 7) is 11.6. The van der Waals surface area contributed by atoms with Gasteiger partial charge in [-0.2, -0.15) is 21.6 Å². The number of rotatable bonds is 16. The molecule has 1 amide bonds. The molecule has 2 aromatic rings. The molecule has 8 nitrogen and oxygen atoms in total. The molecule has 0 aromatic heterocycles. The maximum Gasteiger partial charge on any atom is 0.419 e. The van der Waals surface area contributed by atoms with Crippen LogP contribution in [-0.4, -0.2) is 45.9 Å². The second kappa shape index (κ2) is 16.0. The number of alkyl halides is 3. The monoisotopic (exact) mass is 661 g/mol. The van der Waals surface area contributed by atoms with Crippen LogP contribution in [0.5, 0.6) is 5.75 Å². The fraction of sp³-hybridized carbons (Fsp3) is 0.419. The van der Waals surface area contributed by atoms with Crippen molar-refractivity contribution in [2.75, 3.05) is 19.5 Å². The maximum atomic E-state index is 15.8. The smallest absolute Gasteiger partial charge is 0.419 e. The number of hydrogen-bond donors (Lipinski definition) is 1. The van der Waals surface area contributed by atoms with Crippen LogP contribution < -0.4 is 10.1 Å². The number of allylic oxidation sites excluding steroid dienone is 1. The quantitative estimate of drug-likeness (QED) is 0.0699. The van der Waals surface area contributed by atoms with E-state index in [1.807, 2.05) is 0 Å². The van der Waals surface area contributed by atoms with Gasteiger partial charge < -0.3 is 14.8 Å². The van der Waals surface area contributed by atoms with Crippen LogP contribution in [0.1, 0.15) is 62.3 Å². The number of benzene rings is 2. The van der Waals surface area contributed by atoms with Crippen LogP contribution in [0.25, 0.3) is 11.1 Å². The molecular weight excluding hydrogens is 625 g/mol. The van der Waals surface area contributed by atoms with Gasteiger partial charge in [-0.25, -0.2) is 8.78 Å². The third-order valence-electron chi connectivity index (χ3n) is 6.32. The zero-order valence-electron chi connectivity index (χ0n) is 25.4. The molecule has 0 bridgehead atoms. The first-order valence-electron chi connectivity index (χ1n) is 13.8. The SMILES string of the molecule is C=CCCOc1cc(F)cc(C)c1-c1cc([C@H](CC(=O)OCC)NC(=O)[C@@H](CCC(=C)C)OS(C)(=O)=O)c(F)c(C(F)(F)F)c1. The van der Waals surface area contributed by atoms with Crippen molar-refractivity contribution >= 4 is 22.0 Å². The van der Waals surface area contributed by atoms with Crippen molar-refractivity contribution in [1.29, 1.82) is 0 Å². The van der Waals surface area contributed by atoms with E-state index in [4.69, 9.17) is 13.7 Å². The van der Waals surface area contributed by atoms with Crippen LogP contribution in [0.3, 0.4) is 0 Å². The van der Waals surface area contributed by atoms with Crippen molar-refractivity contribution in [3.63, 3.8) is 0 Å². The van der Waals surface area contributed by atoms with Gasteiger partial charge in [0, 0.05) is 17.2 Å². The molecule has 2 rings (SSSR count). The van der Waals surface area contributed by atoms with Gasteiger partial charge in [-0.3, -0.25) is 13.8 Å². The van der Waals surface area contributed by atoms with E-state index in [0.29, 0.717) is 24.3 Å². The van der Waals surface area contributed by atoms with E-state index in [2.05, 4.69) is 18.5 Å². The highest BCUT2D eigenvalue weighted by Gasteiger charge is 2.38. The van der Waals surface area contributed by atoms with Gasteiger partial charge in [0.1, 0.15) is 17.4 Å². The minimum absolute atomic E-state index is 0.00697. The third-order valence-corrected chi connectivity index (χ3v) is 6.91. The van der Waals surface area contributed by atoms with Gasteiger partial charge in [0.05, 0.1) is 37.5 Å². The van der Waals surface area contributed by atoms with E-state index in [-0.39, 0.29) is 48.5 Å². The highest BCUT2D eigenvalue weighted by Crippen LogP contribution is 2.42. The van der Waals surface area contributed by atoms with E-state index in [0.717, 1.165) is 18.2 Å². The Morgan fingerprint density at radius 2 is 1.80 bits per heavy atom. The molecule has 0 fully saturated rings. The lowest BCUT2D eigenvalue weighted by molar-refractivity contribution is -0.144. The summed E-state index contributed by atoms with van der Waals surface area (Å²) in [5, 5.41) is 2.28. The highest BCUT2D eigenvalue weighted by atomic mass is 32.2. The Morgan fingerprint density at radius 3 is 2.36 bits per heavy atom. The number of carbonyl (C=O) groups is 2. The van der Waals surface area contributed by atoms with Crippen molar-refractivity contribution in [3.05, 3.63) is 77.4 Å². The zero-order chi connectivity index (χ0) is 34.1. The molecule has 2 atom stereocenters. The summed E-state index contributed by atoms with van der Waals surface area (Å²) >= 11 is 0. The molecular formula is C31H36F5NO7S. The highest BCUT2D eigenvalue weighted by molar-refractivity contribution is 7.86. The predicted octanol–water partition coefficient (Wildman–Crippen LogP) is 6.73. The largest absolute Gasteiger partial charge is 0.493 e. The minimum atomic E-state index is -5.24. The Balaban J connectivity index is 2.81. The molecule has 0 unspecified atom stereocenters. The van der Waals surface area contributed by atoms with Crippen LogP contribution in [0.2, 0.25) is 0 Å². The second-order valence-electron chi connectivity index (χ2n) is 10.3. The number of hydrogen-bond acceptors (Lipinski definition) is 7. The average Bonchev–Trinajstić information content (AvgIpc) is 2.89. The van der Waals surface area contributed by atoms with Crippen molar-refractivity contribution in [2.24, 2.45) is 0 Å². The van der Waals surface area contributed by atoms with Gasteiger partial charge >= 0.3 is 12.1 Å². The van der Waals surface area contributed by atoms with Crippen LogP contribution in [0.15, 0.2) is 49.1 Å². The Labute approximate surface area is 259 Å². The van der Waals surface area contributed by atoms with Gasteiger partial charge in [0.15, 0.2) is 6.10 Å². The Hall–Kier alpha value is -3.78. The summed E-state index contributed by atoms with van der Waals surface area (Å²) < 4.78 is 112. The van der Waals surface area contributed by atoms with Crippen LogP contribution >= 0.6 is 0 Å². The number of amides is 1. The molecule has 0 aliphatic rings. The van der Waals surface area contributed by atoms with E-state index < -0.39 is 69.5 Å². The van der Waals surface area contributed by atoms with Gasteiger partial charge in [0.25, 0.3) is 16.0 Å². The number of carbonyl (C=O) groups excluding carboxylic acids is 2. The summed E-state index contributed by atoms with van der Waals surface area (Å²) in [6.07, 6.45) is -5.27. The summed E-state index contributed by atoms with van der Waals surface area (Å²) in [6, 6.07) is 1.74. The molecule has 0 saturated heterocycles. The van der Waals surface area contributed by atoms with Gasteiger partial charge in [-0.1, -0.05) is 11.6 Å². The lowest BCUT2D eigenvalue weighted by atomic mass is 9.91. The standard InChI is InChI=1S/C31H36F5NO7S/c1-7-9-12-43-26-16-21(32)13-19(5)28(26)20-14-22(29(33)23(15-20)31(34,35)36)24(17-27(38)42-8-2)37-30(39)25(11-10-18(3)4)44-45(6,40)41/h7,13-16,24-25H,1,3,8-12,17H2,2,4-6H3,(H,37,39)/t24-,25+/m0/s1. The first kappa shape index (κ1) is 37.4. The third kappa shape index (κ3) is 11.3. The molecule has 0 radical (unpaired) electrons. The summed E-state index contributed by atoms with van der Waals surface area (Å²) in [7, 11) is -4.20. The molecule has 0 aliphatic carbocycles. The van der Waals surface area contributed by atoms with Crippen molar-refractivity contribution < 1.29 is 53.6 Å². The molecule has 0 saturated carbocycles. The lowest BCUT2D eigenvalue weighted by Gasteiger charge is -2.25. The number of ether oxygens (including phenoxy) is 2. The minimum Gasteiger partial charge on any atom is -0.493 e. The van der Waals surface area contributed by atoms with Crippen molar-refractivity contribution in [1.82, 2.24) is 5.32 Å². The molecule has 14 heteroatoms. The maximum absolute atomic E-state index is 15.8.